The van der Waals surface area contributed by atoms with Crippen LogP contribution in [-0.2, 0) is 6.54 Å². The summed E-state index contributed by atoms with van der Waals surface area (Å²) in [6.07, 6.45) is 3.94. The van der Waals surface area contributed by atoms with Crippen molar-refractivity contribution in [3.8, 4) is 5.75 Å². The standard InChI is InChI=1S/C18H19FN6O2/c1-24-11-12-9-13(19)3-4-15(12)27-8-2-6-20-18(26)22-14-10-21-25-7-5-16(24)23-17(14)25/h3-5,7,9-10H,2,6,8,11H2,1H3,(H2,20,22,26). The molecule has 0 saturated heterocycles. The van der Waals surface area contributed by atoms with Crippen LogP contribution >= 0.6 is 0 Å². The molecule has 0 aliphatic carbocycles. The van der Waals surface area contributed by atoms with E-state index in [0.717, 1.165) is 5.56 Å². The first kappa shape index (κ1) is 17.1. The molecule has 2 aromatic heterocycles. The first-order valence-corrected chi connectivity index (χ1v) is 8.62. The Kier molecular flexibility index (Phi) is 4.49. The second-order valence-electron chi connectivity index (χ2n) is 6.30. The molecule has 9 heteroatoms. The van der Waals surface area contributed by atoms with Crippen LogP contribution < -0.4 is 20.3 Å². The van der Waals surface area contributed by atoms with Gasteiger partial charge in [-0.3, -0.25) is 0 Å². The zero-order chi connectivity index (χ0) is 18.8. The van der Waals surface area contributed by atoms with Gasteiger partial charge in [0.2, 0.25) is 0 Å². The lowest BCUT2D eigenvalue weighted by molar-refractivity contribution is 0.250. The van der Waals surface area contributed by atoms with E-state index < -0.39 is 0 Å². The molecule has 0 unspecified atom stereocenters. The molecule has 0 saturated carbocycles. The molecule has 4 rings (SSSR count). The average Bonchev–Trinajstić information content (AvgIpc) is 3.04. The summed E-state index contributed by atoms with van der Waals surface area (Å²) in [7, 11) is 1.86. The third-order valence-electron chi connectivity index (χ3n) is 4.29. The predicted octanol–water partition coefficient (Wildman–Crippen LogP) is 2.41. The monoisotopic (exact) mass is 370 g/mol. The van der Waals surface area contributed by atoms with Crippen LogP contribution in [0, 0.1) is 5.82 Å². The smallest absolute Gasteiger partial charge is 0.319 e. The van der Waals surface area contributed by atoms with E-state index in [1.165, 1.54) is 12.1 Å². The minimum Gasteiger partial charge on any atom is -0.493 e. The fourth-order valence-electron chi connectivity index (χ4n) is 2.93. The van der Waals surface area contributed by atoms with Crippen molar-refractivity contribution in [3.63, 3.8) is 0 Å². The van der Waals surface area contributed by atoms with E-state index in [1.807, 2.05) is 18.0 Å². The molecule has 3 aromatic rings. The van der Waals surface area contributed by atoms with E-state index in [2.05, 4.69) is 20.7 Å². The quantitative estimate of drug-likeness (QED) is 0.635. The first-order valence-electron chi connectivity index (χ1n) is 8.62. The Bertz CT molecular complexity index is 989. The molecule has 0 spiro atoms. The van der Waals surface area contributed by atoms with Crippen LogP contribution in [0.2, 0.25) is 0 Å². The Labute approximate surface area is 154 Å². The van der Waals surface area contributed by atoms with Crippen molar-refractivity contribution in [2.45, 2.75) is 13.0 Å². The highest BCUT2D eigenvalue weighted by Crippen LogP contribution is 2.24. The summed E-state index contributed by atoms with van der Waals surface area (Å²) < 4.78 is 21.1. The maximum atomic E-state index is 13.8. The zero-order valence-electron chi connectivity index (χ0n) is 14.8. The van der Waals surface area contributed by atoms with E-state index in [4.69, 9.17) is 4.74 Å². The van der Waals surface area contributed by atoms with Crippen LogP contribution in [-0.4, -0.2) is 40.8 Å². The normalized spacial score (nSPS) is 15.3. The van der Waals surface area contributed by atoms with Gasteiger partial charge in [-0.15, -0.1) is 0 Å². The third-order valence-corrected chi connectivity index (χ3v) is 4.29. The zero-order valence-corrected chi connectivity index (χ0v) is 14.8. The number of nitrogens with one attached hydrogen (secondary N) is 2. The third kappa shape index (κ3) is 3.62. The molecule has 2 amide bonds. The van der Waals surface area contributed by atoms with Gasteiger partial charge < -0.3 is 20.3 Å². The molecule has 1 aromatic carbocycles. The summed E-state index contributed by atoms with van der Waals surface area (Å²) in [4.78, 5) is 18.5. The minimum absolute atomic E-state index is 0.318. The Balaban J connectivity index is 1.73. The number of halogens is 1. The number of nitrogens with zero attached hydrogens (tertiary/aromatic N) is 4. The number of benzene rings is 1. The summed E-state index contributed by atoms with van der Waals surface area (Å²) in [5.41, 5.74) is 1.77. The highest BCUT2D eigenvalue weighted by Gasteiger charge is 2.14. The molecule has 1 aliphatic rings. The Morgan fingerprint density at radius 1 is 1.30 bits per heavy atom. The molecule has 0 atom stereocenters. The van der Waals surface area contributed by atoms with Gasteiger partial charge in [-0.05, 0) is 30.7 Å². The van der Waals surface area contributed by atoms with E-state index in [1.54, 1.807) is 23.0 Å². The molecule has 3 heterocycles. The number of rotatable bonds is 0. The van der Waals surface area contributed by atoms with E-state index in [0.29, 0.717) is 49.0 Å². The van der Waals surface area contributed by atoms with Crippen molar-refractivity contribution in [2.24, 2.45) is 0 Å². The van der Waals surface area contributed by atoms with Crippen molar-refractivity contribution in [1.82, 2.24) is 19.9 Å². The number of carbonyl (C=O) groups excluding carboxylic acids is 1. The van der Waals surface area contributed by atoms with Crippen molar-refractivity contribution < 1.29 is 13.9 Å². The molecule has 27 heavy (non-hydrogen) atoms. The topological polar surface area (TPSA) is 83.8 Å². The second-order valence-corrected chi connectivity index (χ2v) is 6.30. The molecule has 1 aliphatic heterocycles. The summed E-state index contributed by atoms with van der Waals surface area (Å²) in [6.45, 7) is 1.27. The summed E-state index contributed by atoms with van der Waals surface area (Å²) in [5, 5.41) is 9.73. The number of amides is 2. The first-order chi connectivity index (χ1) is 13.1. The van der Waals surface area contributed by atoms with Crippen LogP contribution in [0.4, 0.5) is 20.7 Å². The minimum atomic E-state index is -0.331. The van der Waals surface area contributed by atoms with E-state index in [9.17, 15) is 9.18 Å². The number of fused-ring (bicyclic) bond motifs is 2. The lowest BCUT2D eigenvalue weighted by Gasteiger charge is -2.20. The van der Waals surface area contributed by atoms with Gasteiger partial charge in [0.1, 0.15) is 23.1 Å². The van der Waals surface area contributed by atoms with Crippen LogP contribution in [0.5, 0.6) is 5.75 Å². The summed E-state index contributed by atoms with van der Waals surface area (Å²) in [6, 6.07) is 5.95. The van der Waals surface area contributed by atoms with Crippen molar-refractivity contribution >= 4 is 23.2 Å². The number of urea groups is 1. The fraction of sp³-hybridized carbons (Fsp3) is 0.278. The van der Waals surface area contributed by atoms with Gasteiger partial charge in [-0.1, -0.05) is 0 Å². The molecule has 0 fully saturated rings. The van der Waals surface area contributed by atoms with Crippen molar-refractivity contribution in [1.29, 1.82) is 0 Å². The number of ether oxygens (including phenoxy) is 1. The highest BCUT2D eigenvalue weighted by atomic mass is 19.1. The van der Waals surface area contributed by atoms with Crippen LogP contribution in [0.15, 0.2) is 36.7 Å². The highest BCUT2D eigenvalue weighted by molar-refractivity contribution is 5.93. The SMILES string of the molecule is CN1Cc2cc(F)ccc2OCCCNC(=O)Nc2cnn3ccc1nc23. The van der Waals surface area contributed by atoms with Crippen molar-refractivity contribution in [2.75, 3.05) is 30.4 Å². The lowest BCUT2D eigenvalue weighted by atomic mass is 10.2. The van der Waals surface area contributed by atoms with Crippen LogP contribution in [0.25, 0.3) is 5.65 Å². The molecular formula is C18H19FN6O2. The largest absolute Gasteiger partial charge is 0.493 e. The molecule has 2 N–H and O–H groups in total. The number of aromatic nitrogens is 3. The van der Waals surface area contributed by atoms with Gasteiger partial charge in [0, 0.05) is 31.9 Å². The van der Waals surface area contributed by atoms with Crippen LogP contribution in [0.3, 0.4) is 0 Å². The fourth-order valence-corrected chi connectivity index (χ4v) is 2.93. The van der Waals surface area contributed by atoms with Gasteiger partial charge >= 0.3 is 6.03 Å². The second kappa shape index (κ2) is 7.10. The molecular weight excluding hydrogens is 351 g/mol. The van der Waals surface area contributed by atoms with Gasteiger partial charge in [-0.25, -0.2) is 18.7 Å². The maximum absolute atomic E-state index is 13.8. The number of hydrogen-bond donors (Lipinski definition) is 2. The van der Waals surface area contributed by atoms with Gasteiger partial charge in [0.25, 0.3) is 0 Å². The van der Waals surface area contributed by atoms with Gasteiger partial charge in [0.05, 0.1) is 12.8 Å². The van der Waals surface area contributed by atoms with Crippen molar-refractivity contribution in [3.05, 3.63) is 48.0 Å². The Morgan fingerprint density at radius 3 is 3.07 bits per heavy atom. The average molecular weight is 370 g/mol. The summed E-state index contributed by atoms with van der Waals surface area (Å²) >= 11 is 0. The van der Waals surface area contributed by atoms with E-state index in [-0.39, 0.29) is 11.8 Å². The molecule has 2 bridgehead atoms. The maximum Gasteiger partial charge on any atom is 0.319 e. The molecule has 0 radical (unpaired) electrons. The lowest BCUT2D eigenvalue weighted by Crippen LogP contribution is -2.30. The molecule has 140 valence electrons. The summed E-state index contributed by atoms with van der Waals surface area (Å²) in [5.74, 6) is 0.965. The van der Waals surface area contributed by atoms with Crippen LogP contribution in [0.1, 0.15) is 12.0 Å². The number of carbonyl (C=O) groups is 1. The molecule has 8 nitrogen and oxygen atoms in total. The number of hydrogen-bond acceptors (Lipinski definition) is 5. The Hall–Kier alpha value is -3.36. The predicted molar refractivity (Wildman–Crippen MR) is 98.6 cm³/mol. The van der Waals surface area contributed by atoms with Gasteiger partial charge in [0.15, 0.2) is 5.65 Å². The van der Waals surface area contributed by atoms with E-state index >= 15 is 0 Å². The Morgan fingerprint density at radius 2 is 2.19 bits per heavy atom. The van der Waals surface area contributed by atoms with Gasteiger partial charge in [-0.2, -0.15) is 5.10 Å². The number of anilines is 2.